The molecule has 118 valence electrons. The van der Waals surface area contributed by atoms with Gasteiger partial charge in [0.05, 0.1) is 0 Å². The third kappa shape index (κ3) is 5.79. The predicted octanol–water partition coefficient (Wildman–Crippen LogP) is 1.96. The lowest BCUT2D eigenvalue weighted by molar-refractivity contribution is 0.0119. The molecular weight excluding hydrogens is 298 g/mol. The molecule has 6 nitrogen and oxygen atoms in total. The van der Waals surface area contributed by atoms with Crippen molar-refractivity contribution in [3.05, 3.63) is 28.8 Å². The minimum absolute atomic E-state index is 0.123. The molecule has 1 amide bonds. The van der Waals surface area contributed by atoms with Gasteiger partial charge in [-0.05, 0) is 32.9 Å². The number of halogens is 1. The molecule has 0 heterocycles. The number of phenolic OH excluding ortho intramolecular Hbond substituents is 1. The van der Waals surface area contributed by atoms with Crippen LogP contribution in [0.25, 0.3) is 0 Å². The lowest BCUT2D eigenvalue weighted by Crippen LogP contribution is -2.38. The summed E-state index contributed by atoms with van der Waals surface area (Å²) >= 11 is 5.69. The summed E-state index contributed by atoms with van der Waals surface area (Å²) in [6.45, 7) is 4.91. The van der Waals surface area contributed by atoms with Crippen LogP contribution in [0.4, 0.5) is 4.79 Å². The first kappa shape index (κ1) is 17.6. The van der Waals surface area contributed by atoms with Gasteiger partial charge >= 0.3 is 6.09 Å². The van der Waals surface area contributed by atoms with Crippen molar-refractivity contribution in [3.8, 4) is 5.75 Å². The first-order chi connectivity index (χ1) is 9.60. The van der Waals surface area contributed by atoms with E-state index in [2.05, 4.69) is 5.32 Å². The number of aromatic hydroxyl groups is 1. The topological polar surface area (TPSA) is 99.0 Å². The summed E-state index contributed by atoms with van der Waals surface area (Å²) in [4.78, 5) is 11.4. The number of benzene rings is 1. The van der Waals surface area contributed by atoms with Gasteiger partial charge in [-0.1, -0.05) is 17.7 Å². The van der Waals surface area contributed by atoms with Crippen LogP contribution in [0.1, 0.15) is 32.4 Å². The predicted molar refractivity (Wildman–Crippen MR) is 78.3 cm³/mol. The number of rotatable bonds is 4. The smallest absolute Gasteiger partial charge is 0.407 e. The van der Waals surface area contributed by atoms with Crippen LogP contribution >= 0.6 is 11.6 Å². The maximum absolute atomic E-state index is 11.4. The van der Waals surface area contributed by atoms with Gasteiger partial charge in [-0.15, -0.1) is 0 Å². The van der Waals surface area contributed by atoms with E-state index in [-0.39, 0.29) is 17.9 Å². The fourth-order valence-corrected chi connectivity index (χ4v) is 1.75. The maximum Gasteiger partial charge on any atom is 0.407 e. The van der Waals surface area contributed by atoms with E-state index < -0.39 is 23.9 Å². The number of aliphatic hydroxyl groups excluding tert-OH is 2. The molecule has 0 bridgehead atoms. The Morgan fingerprint density at radius 1 is 1.38 bits per heavy atom. The molecule has 7 heteroatoms. The molecule has 1 aromatic carbocycles. The number of hydrogen-bond donors (Lipinski definition) is 4. The van der Waals surface area contributed by atoms with E-state index >= 15 is 0 Å². The number of aliphatic hydroxyl groups is 2. The van der Waals surface area contributed by atoms with Crippen LogP contribution in [0.2, 0.25) is 5.02 Å². The van der Waals surface area contributed by atoms with Gasteiger partial charge in [0.1, 0.15) is 23.6 Å². The Kier molecular flexibility index (Phi) is 5.83. The highest BCUT2D eigenvalue weighted by molar-refractivity contribution is 6.30. The van der Waals surface area contributed by atoms with Crippen molar-refractivity contribution in [2.45, 2.75) is 38.6 Å². The van der Waals surface area contributed by atoms with E-state index in [1.165, 1.54) is 18.2 Å². The Hall–Kier alpha value is -1.50. The first-order valence-electron chi connectivity index (χ1n) is 6.41. The van der Waals surface area contributed by atoms with Crippen molar-refractivity contribution in [1.29, 1.82) is 0 Å². The van der Waals surface area contributed by atoms with Crippen LogP contribution in [0.5, 0.6) is 5.75 Å². The average molecular weight is 318 g/mol. The van der Waals surface area contributed by atoms with E-state index in [1.807, 2.05) is 0 Å². The Balaban J connectivity index is 2.59. The Labute approximate surface area is 128 Å². The average Bonchev–Trinajstić information content (AvgIpc) is 2.33. The van der Waals surface area contributed by atoms with Crippen molar-refractivity contribution in [1.82, 2.24) is 5.32 Å². The Morgan fingerprint density at radius 2 is 2.00 bits per heavy atom. The van der Waals surface area contributed by atoms with E-state index in [0.717, 1.165) is 0 Å². The summed E-state index contributed by atoms with van der Waals surface area (Å²) in [6.07, 6.45) is -3.36. The second-order valence-electron chi connectivity index (χ2n) is 5.60. The number of amides is 1. The van der Waals surface area contributed by atoms with Gasteiger partial charge in [-0.2, -0.15) is 0 Å². The molecular formula is C14H20ClNO5. The standard InChI is InChI=1S/C14H20ClNO5/c1-14(2,3)21-13(20)16-7-11(18)12(19)9-5-4-8(15)6-10(9)17/h4-6,11-12,17-19H,7H2,1-3H3,(H,16,20). The number of carbonyl (C=O) groups excluding carboxylic acids is 1. The fourth-order valence-electron chi connectivity index (χ4n) is 1.59. The molecule has 0 saturated carbocycles. The zero-order valence-corrected chi connectivity index (χ0v) is 12.9. The highest BCUT2D eigenvalue weighted by Crippen LogP contribution is 2.29. The Bertz CT molecular complexity index is 501. The minimum Gasteiger partial charge on any atom is -0.508 e. The monoisotopic (exact) mass is 317 g/mol. The van der Waals surface area contributed by atoms with E-state index in [0.29, 0.717) is 5.02 Å². The SMILES string of the molecule is CC(C)(C)OC(=O)NCC(O)C(O)c1ccc(Cl)cc1O. The zero-order chi connectivity index (χ0) is 16.2. The molecule has 21 heavy (non-hydrogen) atoms. The van der Waals surface area contributed by atoms with Crippen LogP contribution in [0.15, 0.2) is 18.2 Å². The summed E-state index contributed by atoms with van der Waals surface area (Å²) in [5, 5.41) is 32.1. The molecule has 4 N–H and O–H groups in total. The van der Waals surface area contributed by atoms with Crippen LogP contribution in [0, 0.1) is 0 Å². The quantitative estimate of drug-likeness (QED) is 0.680. The molecule has 0 fully saturated rings. The van der Waals surface area contributed by atoms with Crippen LogP contribution in [0.3, 0.4) is 0 Å². The summed E-state index contributed by atoms with van der Waals surface area (Å²) in [6, 6.07) is 4.14. The zero-order valence-electron chi connectivity index (χ0n) is 12.1. The molecule has 0 aliphatic heterocycles. The molecule has 1 rings (SSSR count). The molecule has 0 aromatic heterocycles. The fraction of sp³-hybridized carbons (Fsp3) is 0.500. The van der Waals surface area contributed by atoms with Crippen molar-refractivity contribution in [2.24, 2.45) is 0 Å². The van der Waals surface area contributed by atoms with Crippen LogP contribution in [-0.2, 0) is 4.74 Å². The summed E-state index contributed by atoms with van der Waals surface area (Å²) in [7, 11) is 0. The van der Waals surface area contributed by atoms with Crippen molar-refractivity contribution < 1.29 is 24.9 Å². The maximum atomic E-state index is 11.4. The van der Waals surface area contributed by atoms with Crippen molar-refractivity contribution in [2.75, 3.05) is 6.54 Å². The molecule has 0 saturated heterocycles. The van der Waals surface area contributed by atoms with Gasteiger partial charge in [0.15, 0.2) is 0 Å². The minimum atomic E-state index is -1.36. The van der Waals surface area contributed by atoms with Gasteiger partial charge < -0.3 is 25.4 Å². The highest BCUT2D eigenvalue weighted by atomic mass is 35.5. The first-order valence-corrected chi connectivity index (χ1v) is 6.79. The second kappa shape index (κ2) is 6.98. The molecule has 0 aliphatic carbocycles. The number of ether oxygens (including phenoxy) is 1. The van der Waals surface area contributed by atoms with Gasteiger partial charge in [-0.3, -0.25) is 0 Å². The van der Waals surface area contributed by atoms with Gasteiger partial charge in [0, 0.05) is 17.1 Å². The summed E-state index contributed by atoms with van der Waals surface area (Å²) < 4.78 is 5.00. The third-order valence-corrected chi connectivity index (χ3v) is 2.77. The number of carbonyl (C=O) groups is 1. The van der Waals surface area contributed by atoms with E-state index in [4.69, 9.17) is 16.3 Å². The number of alkyl carbamates (subject to hydrolysis) is 1. The highest BCUT2D eigenvalue weighted by Gasteiger charge is 2.23. The van der Waals surface area contributed by atoms with Gasteiger partial charge in [-0.25, -0.2) is 4.79 Å². The van der Waals surface area contributed by atoms with Crippen molar-refractivity contribution >= 4 is 17.7 Å². The Morgan fingerprint density at radius 3 is 2.52 bits per heavy atom. The molecule has 0 radical (unpaired) electrons. The van der Waals surface area contributed by atoms with Gasteiger partial charge in [0.25, 0.3) is 0 Å². The van der Waals surface area contributed by atoms with Crippen LogP contribution in [-0.4, -0.2) is 39.7 Å². The number of phenols is 1. The van der Waals surface area contributed by atoms with Gasteiger partial charge in [0.2, 0.25) is 0 Å². The lowest BCUT2D eigenvalue weighted by atomic mass is 10.0. The van der Waals surface area contributed by atoms with Crippen LogP contribution < -0.4 is 5.32 Å². The number of hydrogen-bond acceptors (Lipinski definition) is 5. The molecule has 2 atom stereocenters. The van der Waals surface area contributed by atoms with Crippen molar-refractivity contribution in [3.63, 3.8) is 0 Å². The second-order valence-corrected chi connectivity index (χ2v) is 6.03. The van der Waals surface area contributed by atoms with E-state index in [9.17, 15) is 20.1 Å². The molecule has 2 unspecified atom stereocenters. The molecule has 1 aromatic rings. The number of nitrogens with one attached hydrogen (secondary N) is 1. The normalized spacial score (nSPS) is 14.4. The molecule has 0 spiro atoms. The lowest BCUT2D eigenvalue weighted by Gasteiger charge is -2.22. The molecule has 0 aliphatic rings. The summed E-state index contributed by atoms with van der Waals surface area (Å²) in [5.74, 6) is -0.230. The largest absolute Gasteiger partial charge is 0.508 e. The van der Waals surface area contributed by atoms with E-state index in [1.54, 1.807) is 20.8 Å². The third-order valence-electron chi connectivity index (χ3n) is 2.53. The summed E-state index contributed by atoms with van der Waals surface area (Å²) in [5.41, 5.74) is -0.528.